The van der Waals surface area contributed by atoms with Gasteiger partial charge in [-0.15, -0.1) is 0 Å². The molecule has 1 heterocycles. The Balaban J connectivity index is 2.33. The van der Waals surface area contributed by atoms with Crippen molar-refractivity contribution in [3.05, 3.63) is 62.0 Å². The van der Waals surface area contributed by atoms with E-state index in [-0.39, 0.29) is 21.6 Å². The van der Waals surface area contributed by atoms with Crippen LogP contribution in [0.15, 0.2) is 30.5 Å². The van der Waals surface area contributed by atoms with E-state index in [4.69, 9.17) is 23.2 Å². The molecular formula is C13H11Cl2FN3O2+. The Bertz CT molecular complexity index is 697. The van der Waals surface area contributed by atoms with Crippen LogP contribution in [-0.2, 0) is 0 Å². The second-order valence-electron chi connectivity index (χ2n) is 4.34. The first-order valence-electron chi connectivity index (χ1n) is 5.96. The van der Waals surface area contributed by atoms with Crippen LogP contribution in [0.25, 0.3) is 0 Å². The van der Waals surface area contributed by atoms with Gasteiger partial charge < -0.3 is 0 Å². The van der Waals surface area contributed by atoms with Crippen LogP contribution in [0.1, 0.15) is 18.5 Å². The SMILES string of the molecule is C[C@H](Nc1[nH+]cccc1[N+](=O)[O-])c1cc(F)c(Cl)cc1Cl. The summed E-state index contributed by atoms with van der Waals surface area (Å²) in [5.41, 5.74) is 0.333. The molecule has 0 aliphatic heterocycles. The van der Waals surface area contributed by atoms with Crippen molar-refractivity contribution in [3.8, 4) is 0 Å². The second kappa shape index (κ2) is 6.24. The Kier molecular flexibility index (Phi) is 4.59. The smallest absolute Gasteiger partial charge is 0.262 e. The fraction of sp³-hybridized carbons (Fsp3) is 0.154. The summed E-state index contributed by atoms with van der Waals surface area (Å²) < 4.78 is 13.5. The van der Waals surface area contributed by atoms with Crippen molar-refractivity contribution in [1.29, 1.82) is 0 Å². The Morgan fingerprint density at radius 3 is 2.76 bits per heavy atom. The molecule has 0 unspecified atom stereocenters. The van der Waals surface area contributed by atoms with Crippen molar-refractivity contribution >= 4 is 34.7 Å². The van der Waals surface area contributed by atoms with Crippen molar-refractivity contribution in [1.82, 2.24) is 0 Å². The number of nitrogens with one attached hydrogen (secondary N) is 2. The molecule has 0 amide bonds. The van der Waals surface area contributed by atoms with Gasteiger partial charge in [0.25, 0.3) is 0 Å². The number of halogens is 3. The summed E-state index contributed by atoms with van der Waals surface area (Å²) in [6.45, 7) is 1.71. The molecule has 0 saturated heterocycles. The zero-order valence-corrected chi connectivity index (χ0v) is 12.4. The minimum absolute atomic E-state index is 0.0757. The number of anilines is 1. The van der Waals surface area contributed by atoms with Gasteiger partial charge in [0.05, 0.1) is 16.1 Å². The Labute approximate surface area is 129 Å². The van der Waals surface area contributed by atoms with Gasteiger partial charge in [0.2, 0.25) is 0 Å². The van der Waals surface area contributed by atoms with E-state index in [2.05, 4.69) is 10.3 Å². The van der Waals surface area contributed by atoms with Gasteiger partial charge >= 0.3 is 11.5 Å². The summed E-state index contributed by atoms with van der Waals surface area (Å²) in [5, 5.41) is 14.1. The molecule has 8 heteroatoms. The number of nitro groups is 1. The molecule has 0 saturated carbocycles. The summed E-state index contributed by atoms with van der Waals surface area (Å²) in [5.74, 6) is -0.391. The zero-order valence-electron chi connectivity index (χ0n) is 10.9. The first-order chi connectivity index (χ1) is 9.90. The van der Waals surface area contributed by atoms with Crippen molar-refractivity contribution in [2.75, 3.05) is 5.32 Å². The topological polar surface area (TPSA) is 69.3 Å². The van der Waals surface area contributed by atoms with Crippen LogP contribution >= 0.6 is 23.2 Å². The molecule has 1 aromatic heterocycles. The summed E-state index contributed by atoms with van der Waals surface area (Å²) in [4.78, 5) is 13.2. The highest BCUT2D eigenvalue weighted by Gasteiger charge is 2.24. The van der Waals surface area contributed by atoms with Crippen molar-refractivity contribution in [2.24, 2.45) is 0 Å². The average molecular weight is 331 g/mol. The maximum atomic E-state index is 13.5. The molecule has 21 heavy (non-hydrogen) atoms. The molecule has 2 N–H and O–H groups in total. The zero-order chi connectivity index (χ0) is 15.6. The molecule has 2 rings (SSSR count). The van der Waals surface area contributed by atoms with Gasteiger partial charge in [-0.1, -0.05) is 23.2 Å². The minimum Gasteiger partial charge on any atom is -0.262 e. The van der Waals surface area contributed by atoms with Crippen LogP contribution in [0.2, 0.25) is 10.0 Å². The molecule has 1 atom stereocenters. The molecule has 0 bridgehead atoms. The number of rotatable bonds is 4. The summed E-state index contributed by atoms with van der Waals surface area (Å²) in [6.07, 6.45) is 1.55. The number of benzene rings is 1. The van der Waals surface area contributed by atoms with Crippen LogP contribution in [0.4, 0.5) is 15.9 Å². The molecule has 2 aromatic rings. The van der Waals surface area contributed by atoms with Gasteiger partial charge in [-0.25, -0.2) is 9.37 Å². The monoisotopic (exact) mass is 330 g/mol. The molecule has 0 fully saturated rings. The van der Waals surface area contributed by atoms with E-state index in [0.717, 1.165) is 0 Å². The van der Waals surface area contributed by atoms with E-state index in [9.17, 15) is 14.5 Å². The standard InChI is InChI=1S/C13H10Cl2FN3O2/c1-7(8-5-11(16)10(15)6-9(8)14)18-13-12(19(20)21)3-2-4-17-13/h2-7H,1H3,(H,17,18)/p+1/t7-/m0/s1. The fourth-order valence-electron chi connectivity index (χ4n) is 1.86. The lowest BCUT2D eigenvalue weighted by Gasteiger charge is -2.12. The van der Waals surface area contributed by atoms with E-state index in [1.807, 2.05) is 0 Å². The van der Waals surface area contributed by atoms with Gasteiger partial charge in [-0.3, -0.25) is 15.4 Å². The Morgan fingerprint density at radius 1 is 1.38 bits per heavy atom. The third kappa shape index (κ3) is 3.40. The summed E-state index contributed by atoms with van der Waals surface area (Å²) >= 11 is 11.7. The number of hydrogen-bond donors (Lipinski definition) is 1. The highest BCUT2D eigenvalue weighted by Crippen LogP contribution is 2.31. The predicted octanol–water partition coefficient (Wildman–Crippen LogP) is 4.03. The Morgan fingerprint density at radius 2 is 2.10 bits per heavy atom. The number of aromatic nitrogens is 1. The molecule has 0 aliphatic rings. The van der Waals surface area contributed by atoms with E-state index < -0.39 is 16.8 Å². The normalized spacial score (nSPS) is 12.0. The lowest BCUT2D eigenvalue weighted by molar-refractivity contribution is -0.409. The van der Waals surface area contributed by atoms with Gasteiger partial charge in [0.15, 0.2) is 0 Å². The van der Waals surface area contributed by atoms with E-state index in [1.54, 1.807) is 13.1 Å². The third-order valence-corrected chi connectivity index (χ3v) is 3.51. The highest BCUT2D eigenvalue weighted by molar-refractivity contribution is 6.35. The maximum absolute atomic E-state index is 13.5. The Hall–Kier alpha value is -1.92. The van der Waals surface area contributed by atoms with E-state index >= 15 is 0 Å². The molecule has 0 spiro atoms. The highest BCUT2D eigenvalue weighted by atomic mass is 35.5. The van der Waals surface area contributed by atoms with Crippen LogP contribution in [0.3, 0.4) is 0 Å². The molecule has 0 radical (unpaired) electrons. The number of pyridine rings is 1. The maximum Gasteiger partial charge on any atom is 0.357 e. The predicted molar refractivity (Wildman–Crippen MR) is 78.1 cm³/mol. The van der Waals surface area contributed by atoms with Gasteiger partial charge in [0.1, 0.15) is 11.9 Å². The molecule has 5 nitrogen and oxygen atoms in total. The number of hydrogen-bond acceptors (Lipinski definition) is 3. The first-order valence-corrected chi connectivity index (χ1v) is 6.72. The molecule has 1 aromatic carbocycles. The minimum atomic E-state index is -0.601. The summed E-state index contributed by atoms with van der Waals surface area (Å²) in [7, 11) is 0. The van der Waals surface area contributed by atoms with Crippen LogP contribution in [0, 0.1) is 15.9 Å². The lowest BCUT2D eigenvalue weighted by atomic mass is 10.1. The van der Waals surface area contributed by atoms with Gasteiger partial charge in [-0.2, -0.15) is 0 Å². The quantitative estimate of drug-likeness (QED) is 0.522. The van der Waals surface area contributed by atoms with Crippen LogP contribution in [-0.4, -0.2) is 4.92 Å². The second-order valence-corrected chi connectivity index (χ2v) is 5.16. The first kappa shape index (κ1) is 15.5. The van der Waals surface area contributed by atoms with Crippen LogP contribution in [0.5, 0.6) is 0 Å². The molecule has 0 aliphatic carbocycles. The lowest BCUT2D eigenvalue weighted by Crippen LogP contribution is -2.18. The van der Waals surface area contributed by atoms with Gasteiger partial charge in [0, 0.05) is 16.7 Å². The average Bonchev–Trinajstić information content (AvgIpc) is 2.43. The third-order valence-electron chi connectivity index (χ3n) is 2.90. The molecular weight excluding hydrogens is 320 g/mol. The number of H-pyrrole nitrogens is 1. The number of nitrogens with zero attached hydrogens (tertiary/aromatic N) is 1. The van der Waals surface area contributed by atoms with Crippen molar-refractivity contribution < 1.29 is 14.3 Å². The van der Waals surface area contributed by atoms with Crippen molar-refractivity contribution in [2.45, 2.75) is 13.0 Å². The van der Waals surface area contributed by atoms with Crippen LogP contribution < -0.4 is 10.3 Å². The van der Waals surface area contributed by atoms with Crippen molar-refractivity contribution in [3.63, 3.8) is 0 Å². The number of aromatic amines is 1. The van der Waals surface area contributed by atoms with E-state index in [0.29, 0.717) is 5.56 Å². The van der Waals surface area contributed by atoms with E-state index in [1.165, 1.54) is 24.3 Å². The molecule has 110 valence electrons. The van der Waals surface area contributed by atoms with Gasteiger partial charge in [-0.05, 0) is 25.1 Å². The summed E-state index contributed by atoms with van der Waals surface area (Å²) in [6, 6.07) is 4.92. The largest absolute Gasteiger partial charge is 0.357 e. The fourth-order valence-corrected chi connectivity index (χ4v) is 2.41.